The maximum Gasteiger partial charge on any atom is 0.414 e. The molecule has 0 radical (unpaired) electrons. The summed E-state index contributed by atoms with van der Waals surface area (Å²) in [5.41, 5.74) is -0.206. The third-order valence-corrected chi connectivity index (χ3v) is 7.76. The number of cyclic esters (lactones) is 1. The summed E-state index contributed by atoms with van der Waals surface area (Å²) in [5, 5.41) is 9.08. The van der Waals surface area contributed by atoms with Crippen LogP contribution in [-0.4, -0.2) is 64.2 Å². The molecule has 0 saturated carbocycles. The van der Waals surface area contributed by atoms with E-state index in [1.54, 1.807) is 4.90 Å². The minimum absolute atomic E-state index is 0.0339. The molecule has 150 valence electrons. The fraction of sp³-hybridized carbons (Fsp3) is 0.588. The molecule has 3 fully saturated rings. The Morgan fingerprint density at radius 1 is 1.19 bits per heavy atom. The molecule has 1 spiro atoms. The minimum atomic E-state index is -2.45. The van der Waals surface area contributed by atoms with Gasteiger partial charge in [-0.3, -0.25) is 14.0 Å². The Morgan fingerprint density at radius 2 is 1.78 bits per heavy atom. The van der Waals surface area contributed by atoms with Gasteiger partial charge in [-0.2, -0.15) is 10.6 Å². The van der Waals surface area contributed by atoms with Gasteiger partial charge in [0.1, 0.15) is 11.8 Å². The summed E-state index contributed by atoms with van der Waals surface area (Å²) in [6.07, 6.45) is -0.152. The number of halogens is 2. The van der Waals surface area contributed by atoms with Gasteiger partial charge in [0.25, 0.3) is 0 Å². The number of nitrogens with zero attached hydrogens (tertiary/aromatic N) is 2. The van der Waals surface area contributed by atoms with E-state index < -0.39 is 34.4 Å². The second-order valence-electron chi connectivity index (χ2n) is 7.63. The number of anilines is 2. The summed E-state index contributed by atoms with van der Waals surface area (Å²) in [5.74, 6) is -0.778. The summed E-state index contributed by atoms with van der Waals surface area (Å²) in [6.45, 7) is 0.541. The molecule has 3 aliphatic heterocycles. The van der Waals surface area contributed by atoms with Crippen LogP contribution in [0.5, 0.6) is 0 Å². The van der Waals surface area contributed by atoms with Crippen LogP contribution >= 0.6 is 10.6 Å². The summed E-state index contributed by atoms with van der Waals surface area (Å²) >= 11 is 0. The summed E-state index contributed by atoms with van der Waals surface area (Å²) in [6, 6.07) is 2.20. The van der Waals surface area contributed by atoms with Crippen molar-refractivity contribution in [2.24, 2.45) is 5.41 Å². The number of aliphatic hydroxyl groups is 1. The van der Waals surface area contributed by atoms with E-state index in [0.29, 0.717) is 37.4 Å². The predicted molar refractivity (Wildman–Crippen MR) is 97.5 cm³/mol. The van der Waals surface area contributed by atoms with Crippen LogP contribution in [0.3, 0.4) is 0 Å². The monoisotopic (exact) mass is 404 g/mol. The standard InChI is InChI=1S/C17H22F2N2O5S/c18-13-5-11(21-7-12(8-22)26-16(21)23)6-14(19)15(13)20-3-1-17(2-4-20)9-27(24,25)10-17/h5-6,12,22,24-25H,1-4,7-10H2/t12-/m1/s1. The van der Waals surface area contributed by atoms with Crippen molar-refractivity contribution in [3.8, 4) is 0 Å². The molecule has 27 heavy (non-hydrogen) atoms. The van der Waals surface area contributed by atoms with Crippen LogP contribution in [0.2, 0.25) is 0 Å². The maximum absolute atomic E-state index is 14.7. The van der Waals surface area contributed by atoms with Crippen molar-refractivity contribution >= 4 is 28.1 Å². The van der Waals surface area contributed by atoms with E-state index in [2.05, 4.69) is 0 Å². The number of benzene rings is 1. The van der Waals surface area contributed by atoms with Crippen molar-refractivity contribution in [3.05, 3.63) is 23.8 Å². The molecular weight excluding hydrogens is 382 g/mol. The molecule has 1 aromatic carbocycles. The molecule has 0 bridgehead atoms. The molecule has 3 heterocycles. The molecule has 1 amide bonds. The first-order valence-electron chi connectivity index (χ1n) is 8.79. The molecule has 0 unspecified atom stereocenters. The lowest BCUT2D eigenvalue weighted by Gasteiger charge is -2.58. The highest BCUT2D eigenvalue weighted by Crippen LogP contribution is 2.62. The van der Waals surface area contributed by atoms with Crippen molar-refractivity contribution in [1.82, 2.24) is 0 Å². The fourth-order valence-corrected chi connectivity index (χ4v) is 6.72. The lowest BCUT2D eigenvalue weighted by molar-refractivity contribution is 0.0963. The van der Waals surface area contributed by atoms with Gasteiger partial charge in [0.15, 0.2) is 11.6 Å². The number of carbonyl (C=O) groups is 1. The normalized spacial score (nSPS) is 27.4. The molecular formula is C17H22F2N2O5S. The van der Waals surface area contributed by atoms with Crippen molar-refractivity contribution in [2.45, 2.75) is 18.9 Å². The van der Waals surface area contributed by atoms with Gasteiger partial charge in [0, 0.05) is 42.1 Å². The third-order valence-electron chi connectivity index (χ3n) is 5.61. The van der Waals surface area contributed by atoms with Gasteiger partial charge in [0.05, 0.1) is 18.8 Å². The van der Waals surface area contributed by atoms with E-state index in [1.807, 2.05) is 0 Å². The fourth-order valence-electron chi connectivity index (χ4n) is 4.27. The summed E-state index contributed by atoms with van der Waals surface area (Å²) in [7, 11) is -2.45. The SMILES string of the molecule is O=C1O[C@@H](CO)CN1c1cc(F)c(N2CCC3(CC2)CS(O)(O)C3)c(F)c1. The van der Waals surface area contributed by atoms with E-state index >= 15 is 0 Å². The number of hydrogen-bond acceptors (Lipinski definition) is 6. The van der Waals surface area contributed by atoms with Crippen LogP contribution in [0.15, 0.2) is 12.1 Å². The van der Waals surface area contributed by atoms with Crippen molar-refractivity contribution in [3.63, 3.8) is 0 Å². The van der Waals surface area contributed by atoms with Crippen molar-refractivity contribution < 1.29 is 32.5 Å². The molecule has 0 aromatic heterocycles. The maximum atomic E-state index is 14.7. The smallest absolute Gasteiger partial charge is 0.414 e. The molecule has 1 atom stereocenters. The van der Waals surface area contributed by atoms with Crippen LogP contribution in [0.1, 0.15) is 12.8 Å². The molecule has 10 heteroatoms. The van der Waals surface area contributed by atoms with Gasteiger partial charge >= 0.3 is 6.09 Å². The summed E-state index contributed by atoms with van der Waals surface area (Å²) in [4.78, 5) is 14.5. The number of piperidine rings is 1. The average molecular weight is 404 g/mol. The number of aliphatic hydroxyl groups excluding tert-OH is 1. The topological polar surface area (TPSA) is 93.5 Å². The van der Waals surface area contributed by atoms with Gasteiger partial charge in [-0.25, -0.2) is 13.6 Å². The second kappa shape index (κ2) is 6.47. The van der Waals surface area contributed by atoms with Crippen molar-refractivity contribution in [1.29, 1.82) is 0 Å². The molecule has 4 rings (SSSR count). The lowest BCUT2D eigenvalue weighted by atomic mass is 9.81. The number of amides is 1. The van der Waals surface area contributed by atoms with Crippen LogP contribution in [0.4, 0.5) is 25.0 Å². The van der Waals surface area contributed by atoms with Gasteiger partial charge in [-0.15, -0.1) is 0 Å². The lowest BCUT2D eigenvalue weighted by Crippen LogP contribution is -2.52. The van der Waals surface area contributed by atoms with Crippen LogP contribution in [0, 0.1) is 17.0 Å². The van der Waals surface area contributed by atoms with Gasteiger partial charge in [-0.1, -0.05) is 0 Å². The van der Waals surface area contributed by atoms with Crippen molar-refractivity contribution in [2.75, 3.05) is 47.5 Å². The quantitative estimate of drug-likeness (QED) is 0.717. The molecule has 0 aliphatic carbocycles. The predicted octanol–water partition coefficient (Wildman–Crippen LogP) is 2.63. The molecule has 3 N–H and O–H groups in total. The largest absolute Gasteiger partial charge is 0.441 e. The van der Waals surface area contributed by atoms with E-state index in [9.17, 15) is 22.7 Å². The van der Waals surface area contributed by atoms with Gasteiger partial charge < -0.3 is 14.7 Å². The Kier molecular flexibility index (Phi) is 4.49. The first-order valence-corrected chi connectivity index (χ1v) is 10.7. The Labute approximate surface area is 156 Å². The van der Waals surface area contributed by atoms with E-state index in [1.165, 1.54) is 0 Å². The number of ether oxygens (including phenoxy) is 1. The molecule has 3 aliphatic rings. The minimum Gasteiger partial charge on any atom is -0.441 e. The first-order chi connectivity index (χ1) is 12.7. The number of carbonyl (C=O) groups excluding carboxylic acids is 1. The zero-order valence-electron chi connectivity index (χ0n) is 14.6. The Hall–Kier alpha value is -1.62. The number of rotatable bonds is 3. The highest BCUT2D eigenvalue weighted by atomic mass is 32.3. The van der Waals surface area contributed by atoms with Crippen LogP contribution < -0.4 is 9.80 Å². The van der Waals surface area contributed by atoms with Crippen LogP contribution in [0.25, 0.3) is 0 Å². The second-order valence-corrected chi connectivity index (χ2v) is 9.82. The zero-order chi connectivity index (χ0) is 19.4. The third kappa shape index (κ3) is 3.35. The highest BCUT2D eigenvalue weighted by Gasteiger charge is 2.49. The zero-order valence-corrected chi connectivity index (χ0v) is 15.4. The Bertz CT molecular complexity index is 737. The average Bonchev–Trinajstić information content (AvgIpc) is 2.95. The van der Waals surface area contributed by atoms with E-state index in [4.69, 9.17) is 9.84 Å². The first kappa shape index (κ1) is 18.7. The molecule has 7 nitrogen and oxygen atoms in total. The number of hydrogen-bond donors (Lipinski definition) is 3. The van der Waals surface area contributed by atoms with Crippen LogP contribution in [-0.2, 0) is 4.74 Å². The highest BCUT2D eigenvalue weighted by molar-refractivity contribution is 8.25. The Balaban J connectivity index is 1.49. The Morgan fingerprint density at radius 3 is 2.26 bits per heavy atom. The summed E-state index contributed by atoms with van der Waals surface area (Å²) < 4.78 is 53.5. The van der Waals surface area contributed by atoms with Gasteiger partial charge in [0.2, 0.25) is 0 Å². The van der Waals surface area contributed by atoms with E-state index in [-0.39, 0.29) is 29.9 Å². The van der Waals surface area contributed by atoms with Gasteiger partial charge in [-0.05, 0) is 12.8 Å². The molecule has 3 saturated heterocycles. The van der Waals surface area contributed by atoms with E-state index in [0.717, 1.165) is 17.0 Å². The molecule has 1 aromatic rings.